The van der Waals surface area contributed by atoms with Crippen molar-refractivity contribution in [1.82, 2.24) is 14.8 Å². The van der Waals surface area contributed by atoms with E-state index in [-0.39, 0.29) is 29.3 Å². The summed E-state index contributed by atoms with van der Waals surface area (Å²) in [4.78, 5) is 40.2. The molecular weight excluding hydrogens is 440 g/mol. The molecule has 3 heterocycles. The first kappa shape index (κ1) is 23.2. The Hall–Kier alpha value is -2.94. The summed E-state index contributed by atoms with van der Waals surface area (Å²) < 4.78 is 7.00. The van der Waals surface area contributed by atoms with Crippen molar-refractivity contribution in [1.29, 1.82) is 0 Å². The van der Waals surface area contributed by atoms with Crippen LogP contribution in [0.5, 0.6) is 5.75 Å². The summed E-state index contributed by atoms with van der Waals surface area (Å²) in [6.45, 7) is 1.75. The Morgan fingerprint density at radius 1 is 1.15 bits per heavy atom. The first-order valence-corrected chi connectivity index (χ1v) is 12.6. The van der Waals surface area contributed by atoms with Crippen molar-refractivity contribution < 1.29 is 14.3 Å². The second-order valence-electron chi connectivity index (χ2n) is 8.60. The molecule has 2 aliphatic heterocycles. The van der Waals surface area contributed by atoms with Crippen LogP contribution in [-0.2, 0) is 11.3 Å². The Bertz CT molecular complexity index is 1060. The number of ether oxygens (including phenoxy) is 1. The van der Waals surface area contributed by atoms with Crippen molar-refractivity contribution >= 4 is 29.4 Å². The van der Waals surface area contributed by atoms with E-state index in [2.05, 4.69) is 10.6 Å². The number of fused-ring (bicyclic) bond motifs is 4. The van der Waals surface area contributed by atoms with Gasteiger partial charge in [0, 0.05) is 43.0 Å². The van der Waals surface area contributed by atoms with E-state index in [9.17, 15) is 14.4 Å². The molecule has 2 bridgehead atoms. The van der Waals surface area contributed by atoms with E-state index < -0.39 is 6.04 Å². The van der Waals surface area contributed by atoms with Gasteiger partial charge in [0.05, 0.1) is 7.11 Å². The Morgan fingerprint density at radius 2 is 1.94 bits per heavy atom. The Morgan fingerprint density at radius 3 is 2.67 bits per heavy atom. The molecule has 0 aliphatic carbocycles. The topological polar surface area (TPSA) is 92.7 Å². The minimum atomic E-state index is -0.635. The van der Waals surface area contributed by atoms with Crippen molar-refractivity contribution in [3.8, 4) is 5.75 Å². The number of piperidine rings is 1. The molecule has 4 rings (SSSR count). The first-order valence-electron chi connectivity index (χ1n) is 11.2. The molecule has 1 saturated heterocycles. The van der Waals surface area contributed by atoms with Crippen LogP contribution in [0, 0.1) is 5.92 Å². The lowest BCUT2D eigenvalue weighted by Gasteiger charge is -2.43. The van der Waals surface area contributed by atoms with E-state index >= 15 is 0 Å². The number of carbonyl (C=O) groups is 2. The highest BCUT2D eigenvalue weighted by atomic mass is 32.2. The minimum Gasteiger partial charge on any atom is -0.497 e. The van der Waals surface area contributed by atoms with Crippen LogP contribution >= 0.6 is 11.8 Å². The van der Waals surface area contributed by atoms with Crippen LogP contribution in [-0.4, -0.2) is 59.7 Å². The summed E-state index contributed by atoms with van der Waals surface area (Å²) in [5.41, 5.74) is 1.67. The number of nitrogens with zero attached hydrogens (tertiary/aromatic N) is 2. The van der Waals surface area contributed by atoms with Gasteiger partial charge in [0.25, 0.3) is 5.56 Å². The van der Waals surface area contributed by atoms with Gasteiger partial charge in [-0.15, -0.1) is 0 Å². The van der Waals surface area contributed by atoms with Crippen LogP contribution in [0.25, 0.3) is 0 Å². The molecule has 3 amide bonds. The zero-order valence-electron chi connectivity index (χ0n) is 19.0. The van der Waals surface area contributed by atoms with Crippen LogP contribution in [0.2, 0.25) is 0 Å². The fourth-order valence-electron chi connectivity index (χ4n) is 4.71. The normalized spacial score (nSPS) is 19.9. The molecule has 0 unspecified atom stereocenters. The lowest BCUT2D eigenvalue weighted by atomic mass is 9.83. The second-order valence-corrected chi connectivity index (χ2v) is 9.59. The van der Waals surface area contributed by atoms with E-state index in [4.69, 9.17) is 4.74 Å². The number of methoxy groups -OCH3 is 1. The van der Waals surface area contributed by atoms with Gasteiger partial charge in [-0.05, 0) is 61.1 Å². The monoisotopic (exact) mass is 470 g/mol. The number of anilines is 1. The highest BCUT2D eigenvalue weighted by Crippen LogP contribution is 2.34. The molecule has 0 spiro atoms. The molecule has 1 aromatic carbocycles. The Labute approximate surface area is 197 Å². The predicted octanol–water partition coefficient (Wildman–Crippen LogP) is 2.75. The molecule has 8 nitrogen and oxygen atoms in total. The average Bonchev–Trinajstić information content (AvgIpc) is 2.82. The average molecular weight is 471 g/mol. The minimum absolute atomic E-state index is 0.0208. The molecular formula is C24H30N4O4S. The fraction of sp³-hybridized carbons (Fsp3) is 0.458. The maximum atomic E-state index is 13.2. The summed E-state index contributed by atoms with van der Waals surface area (Å²) in [6.07, 6.45) is 3.49. The number of pyridine rings is 1. The summed E-state index contributed by atoms with van der Waals surface area (Å²) in [5, 5.41) is 5.85. The SMILES string of the molecule is COc1ccc(NC(=O)[C@H](CCSC)NC(=O)N2C[C@@H]3C[C@@H](C2)c2cccc(=O)n2C3)cc1. The van der Waals surface area contributed by atoms with Gasteiger partial charge in [-0.25, -0.2) is 4.79 Å². The standard InChI is InChI=1S/C24H30N4O4S/c1-32-19-8-6-18(7-9-19)25-23(30)20(10-11-33-2)26-24(31)27-13-16-12-17(15-27)21-4-3-5-22(29)28(21)14-16/h3-9,16-17,20H,10-15H2,1-2H3,(H,25,30)(H,26,31)/t16-,17-,20-/m0/s1. The molecule has 1 fully saturated rings. The van der Waals surface area contributed by atoms with Gasteiger partial charge >= 0.3 is 6.03 Å². The number of hydrogen-bond acceptors (Lipinski definition) is 5. The molecule has 9 heteroatoms. The number of rotatable bonds is 7. The molecule has 3 atom stereocenters. The zero-order valence-corrected chi connectivity index (χ0v) is 19.8. The van der Waals surface area contributed by atoms with E-state index in [1.54, 1.807) is 60.2 Å². The number of carbonyl (C=O) groups excluding carboxylic acids is 2. The van der Waals surface area contributed by atoms with Gasteiger partial charge < -0.3 is 24.8 Å². The largest absolute Gasteiger partial charge is 0.497 e. The molecule has 2 aliphatic rings. The van der Waals surface area contributed by atoms with Gasteiger partial charge in [-0.1, -0.05) is 6.07 Å². The van der Waals surface area contributed by atoms with Crippen molar-refractivity contribution in [3.63, 3.8) is 0 Å². The summed E-state index contributed by atoms with van der Waals surface area (Å²) in [7, 11) is 1.59. The molecule has 176 valence electrons. The third-order valence-corrected chi connectivity index (χ3v) is 6.99. The third kappa shape index (κ3) is 5.35. The van der Waals surface area contributed by atoms with E-state index in [0.717, 1.165) is 17.9 Å². The van der Waals surface area contributed by atoms with Crippen molar-refractivity contribution in [2.24, 2.45) is 5.92 Å². The number of hydrogen-bond donors (Lipinski definition) is 2. The van der Waals surface area contributed by atoms with Gasteiger partial charge in [-0.3, -0.25) is 9.59 Å². The zero-order chi connectivity index (χ0) is 23.4. The Balaban J connectivity index is 1.42. The number of thioether (sulfide) groups is 1. The fourth-order valence-corrected chi connectivity index (χ4v) is 5.18. The lowest BCUT2D eigenvalue weighted by molar-refractivity contribution is -0.118. The van der Waals surface area contributed by atoms with Gasteiger partial charge in [0.15, 0.2) is 0 Å². The lowest BCUT2D eigenvalue weighted by Crippen LogP contribution is -2.55. The van der Waals surface area contributed by atoms with Crippen LogP contribution in [0.1, 0.15) is 24.5 Å². The molecule has 2 aromatic rings. The quantitative estimate of drug-likeness (QED) is 0.649. The highest BCUT2D eigenvalue weighted by molar-refractivity contribution is 7.98. The number of urea groups is 1. The van der Waals surface area contributed by atoms with Crippen LogP contribution < -0.4 is 20.9 Å². The molecule has 2 N–H and O–H groups in total. The second kappa shape index (κ2) is 10.3. The third-order valence-electron chi connectivity index (χ3n) is 6.35. The number of nitrogens with one attached hydrogen (secondary N) is 2. The van der Waals surface area contributed by atoms with Crippen molar-refractivity contribution in [2.75, 3.05) is 37.5 Å². The van der Waals surface area contributed by atoms with E-state index in [1.165, 1.54) is 0 Å². The van der Waals surface area contributed by atoms with Gasteiger partial charge in [-0.2, -0.15) is 11.8 Å². The number of aromatic nitrogens is 1. The van der Waals surface area contributed by atoms with Gasteiger partial charge in [0.2, 0.25) is 5.91 Å². The summed E-state index contributed by atoms with van der Waals surface area (Å²) >= 11 is 1.63. The number of likely N-dealkylation sites (tertiary alicyclic amines) is 1. The van der Waals surface area contributed by atoms with Crippen molar-refractivity contribution in [2.45, 2.75) is 31.3 Å². The summed E-state index contributed by atoms with van der Waals surface area (Å²) in [5.74, 6) is 1.59. The molecule has 33 heavy (non-hydrogen) atoms. The van der Waals surface area contributed by atoms with Gasteiger partial charge in [0.1, 0.15) is 11.8 Å². The molecule has 1 aromatic heterocycles. The highest BCUT2D eigenvalue weighted by Gasteiger charge is 2.37. The summed E-state index contributed by atoms with van der Waals surface area (Å²) in [6, 6.07) is 11.6. The predicted molar refractivity (Wildman–Crippen MR) is 130 cm³/mol. The maximum absolute atomic E-state index is 13.2. The number of amides is 3. The molecule has 0 radical (unpaired) electrons. The van der Waals surface area contributed by atoms with Crippen LogP contribution in [0.3, 0.4) is 0 Å². The van der Waals surface area contributed by atoms with Crippen molar-refractivity contribution in [3.05, 3.63) is 58.5 Å². The molecule has 0 saturated carbocycles. The Kier molecular flexibility index (Phi) is 7.27. The smallest absolute Gasteiger partial charge is 0.318 e. The first-order chi connectivity index (χ1) is 16.0. The van der Waals surface area contributed by atoms with Crippen LogP contribution in [0.4, 0.5) is 10.5 Å². The van der Waals surface area contributed by atoms with Crippen LogP contribution in [0.15, 0.2) is 47.3 Å². The number of benzene rings is 1. The van der Waals surface area contributed by atoms with E-state index in [1.807, 2.05) is 16.9 Å². The maximum Gasteiger partial charge on any atom is 0.318 e. The van der Waals surface area contributed by atoms with E-state index in [0.29, 0.717) is 37.5 Å².